The summed E-state index contributed by atoms with van der Waals surface area (Å²) < 4.78 is 0. The molecule has 0 N–H and O–H groups in total. The molecule has 0 saturated heterocycles. The van der Waals surface area contributed by atoms with Gasteiger partial charge in [0.2, 0.25) is 0 Å². The lowest BCUT2D eigenvalue weighted by atomic mass is 10.0. The second-order valence-electron chi connectivity index (χ2n) is 3.95. The Morgan fingerprint density at radius 2 is 1.59 bits per heavy atom. The molecule has 1 rings (SSSR count). The van der Waals surface area contributed by atoms with Crippen LogP contribution in [-0.4, -0.2) is 0 Å². The Labute approximate surface area is 108 Å². The van der Waals surface area contributed by atoms with Crippen molar-refractivity contribution in [2.24, 2.45) is 0 Å². The Morgan fingerprint density at radius 3 is 1.76 bits per heavy atom. The molecule has 0 radical (unpaired) electrons. The molecule has 0 heterocycles. The molecule has 0 spiro atoms. The van der Waals surface area contributed by atoms with Gasteiger partial charge in [-0.25, -0.2) is 0 Å². The molecule has 0 saturated carbocycles. The molecule has 0 aliphatic rings. The zero-order valence-electron chi connectivity index (χ0n) is 12.1. The standard InChI is InChI=1S/C9H12.C5H10.C3H6/c1-8(2)9-6-4-3-5-7-9;1-3-5-4-2;1-3-2/h3-8H,1-2H3;3,5H,4H2,1-2H3;3H,1H2,2H3. The minimum absolute atomic E-state index is 0.659. The third-order valence-corrected chi connectivity index (χ3v) is 1.94. The largest absolute Gasteiger partial charge is 0.103 e. The summed E-state index contributed by atoms with van der Waals surface area (Å²) in [5.74, 6) is 0.659. The molecule has 0 aliphatic heterocycles. The monoisotopic (exact) mass is 232 g/mol. The van der Waals surface area contributed by atoms with Crippen LogP contribution in [0.4, 0.5) is 0 Å². The number of benzene rings is 1. The highest BCUT2D eigenvalue weighted by Crippen LogP contribution is 2.11. The van der Waals surface area contributed by atoms with Gasteiger partial charge in [-0.3, -0.25) is 0 Å². The van der Waals surface area contributed by atoms with Crippen molar-refractivity contribution in [2.45, 2.75) is 47.0 Å². The maximum absolute atomic E-state index is 3.36. The topological polar surface area (TPSA) is 0 Å². The van der Waals surface area contributed by atoms with Crippen LogP contribution < -0.4 is 0 Å². The van der Waals surface area contributed by atoms with Gasteiger partial charge in [-0.05, 0) is 31.7 Å². The quantitative estimate of drug-likeness (QED) is 0.551. The molecule has 0 atom stereocenters. The first-order valence-electron chi connectivity index (χ1n) is 6.37. The minimum Gasteiger partial charge on any atom is -0.103 e. The molecule has 96 valence electrons. The van der Waals surface area contributed by atoms with Crippen molar-refractivity contribution in [3.05, 3.63) is 60.7 Å². The van der Waals surface area contributed by atoms with E-state index in [2.05, 4.69) is 63.8 Å². The van der Waals surface area contributed by atoms with Crippen molar-refractivity contribution in [1.29, 1.82) is 0 Å². The summed E-state index contributed by atoms with van der Waals surface area (Å²) in [6.45, 7) is 13.8. The summed E-state index contributed by atoms with van der Waals surface area (Å²) in [7, 11) is 0. The van der Waals surface area contributed by atoms with Crippen LogP contribution >= 0.6 is 0 Å². The Morgan fingerprint density at radius 1 is 1.12 bits per heavy atom. The molecular formula is C17H28. The molecular weight excluding hydrogens is 204 g/mol. The predicted molar refractivity (Wildman–Crippen MR) is 81.5 cm³/mol. The SMILES string of the molecule is C=CC.CC(C)c1ccccc1.CC=CCC. The van der Waals surface area contributed by atoms with E-state index in [1.807, 2.05) is 19.9 Å². The van der Waals surface area contributed by atoms with Crippen molar-refractivity contribution in [3.63, 3.8) is 0 Å². The zero-order valence-corrected chi connectivity index (χ0v) is 12.1. The smallest absolute Gasteiger partial charge is 0.0219 e. The van der Waals surface area contributed by atoms with E-state index in [4.69, 9.17) is 0 Å². The number of allylic oxidation sites excluding steroid dienone is 3. The molecule has 0 aromatic heterocycles. The van der Waals surface area contributed by atoms with Gasteiger partial charge in [0.25, 0.3) is 0 Å². The molecule has 17 heavy (non-hydrogen) atoms. The second kappa shape index (κ2) is 14.7. The van der Waals surface area contributed by atoms with E-state index in [0.29, 0.717) is 5.92 Å². The first kappa shape index (κ1) is 18.1. The van der Waals surface area contributed by atoms with Crippen LogP contribution in [0.1, 0.15) is 52.5 Å². The molecule has 0 unspecified atom stereocenters. The maximum atomic E-state index is 3.36. The molecule has 1 aromatic carbocycles. The predicted octanol–water partition coefficient (Wildman–Crippen LogP) is 5.97. The van der Waals surface area contributed by atoms with E-state index < -0.39 is 0 Å². The summed E-state index contributed by atoms with van der Waals surface area (Å²) in [5.41, 5.74) is 1.41. The lowest BCUT2D eigenvalue weighted by molar-refractivity contribution is 0.867. The fraction of sp³-hybridized carbons (Fsp3) is 0.412. The third-order valence-electron chi connectivity index (χ3n) is 1.94. The second-order valence-corrected chi connectivity index (χ2v) is 3.95. The van der Waals surface area contributed by atoms with Crippen LogP contribution in [0.3, 0.4) is 0 Å². The number of hydrogen-bond donors (Lipinski definition) is 0. The summed E-state index contributed by atoms with van der Waals surface area (Å²) >= 11 is 0. The van der Waals surface area contributed by atoms with Crippen LogP contribution in [0.25, 0.3) is 0 Å². The average Bonchev–Trinajstić information content (AvgIpc) is 2.33. The Kier molecular flexibility index (Phi) is 15.6. The van der Waals surface area contributed by atoms with Crippen molar-refractivity contribution >= 4 is 0 Å². The van der Waals surface area contributed by atoms with E-state index in [9.17, 15) is 0 Å². The first-order chi connectivity index (χ1) is 8.13. The lowest BCUT2D eigenvalue weighted by Gasteiger charge is -2.01. The molecule has 0 amide bonds. The highest BCUT2D eigenvalue weighted by Gasteiger charge is 1.93. The average molecular weight is 232 g/mol. The van der Waals surface area contributed by atoms with Crippen LogP contribution in [0.5, 0.6) is 0 Å². The summed E-state index contributed by atoms with van der Waals surface area (Å²) in [5, 5.41) is 0. The molecule has 0 bridgehead atoms. The van der Waals surface area contributed by atoms with Crippen molar-refractivity contribution < 1.29 is 0 Å². The van der Waals surface area contributed by atoms with Gasteiger partial charge in [-0.1, -0.05) is 69.3 Å². The fourth-order valence-corrected chi connectivity index (χ4v) is 1.07. The maximum Gasteiger partial charge on any atom is -0.0219 e. The normalized spacial score (nSPS) is 9.06. The van der Waals surface area contributed by atoms with Gasteiger partial charge in [-0.15, -0.1) is 6.58 Å². The summed E-state index contributed by atoms with van der Waals surface area (Å²) in [6, 6.07) is 10.5. The Balaban J connectivity index is 0. The summed E-state index contributed by atoms with van der Waals surface area (Å²) in [6.07, 6.45) is 7.09. The van der Waals surface area contributed by atoms with Gasteiger partial charge in [0.05, 0.1) is 0 Å². The summed E-state index contributed by atoms with van der Waals surface area (Å²) in [4.78, 5) is 0. The number of rotatable bonds is 2. The number of hydrogen-bond acceptors (Lipinski definition) is 0. The van der Waals surface area contributed by atoms with Crippen LogP contribution in [0.2, 0.25) is 0 Å². The van der Waals surface area contributed by atoms with Crippen LogP contribution in [0, 0.1) is 0 Å². The van der Waals surface area contributed by atoms with E-state index in [0.717, 1.165) is 6.42 Å². The highest BCUT2D eigenvalue weighted by atomic mass is 14.0. The molecule has 0 heteroatoms. The molecule has 0 fully saturated rings. The molecule has 1 aromatic rings. The van der Waals surface area contributed by atoms with Gasteiger partial charge in [-0.2, -0.15) is 0 Å². The van der Waals surface area contributed by atoms with E-state index in [1.54, 1.807) is 6.08 Å². The first-order valence-corrected chi connectivity index (χ1v) is 6.37. The van der Waals surface area contributed by atoms with Crippen LogP contribution in [0.15, 0.2) is 55.1 Å². The zero-order chi connectivity index (χ0) is 13.5. The van der Waals surface area contributed by atoms with Crippen molar-refractivity contribution in [1.82, 2.24) is 0 Å². The lowest BCUT2D eigenvalue weighted by Crippen LogP contribution is -1.83. The van der Waals surface area contributed by atoms with Gasteiger partial charge >= 0.3 is 0 Å². The molecule has 0 nitrogen and oxygen atoms in total. The van der Waals surface area contributed by atoms with Gasteiger partial charge < -0.3 is 0 Å². The third kappa shape index (κ3) is 14.7. The van der Waals surface area contributed by atoms with Gasteiger partial charge in [0.1, 0.15) is 0 Å². The van der Waals surface area contributed by atoms with E-state index >= 15 is 0 Å². The van der Waals surface area contributed by atoms with Crippen molar-refractivity contribution in [2.75, 3.05) is 0 Å². The minimum atomic E-state index is 0.659. The van der Waals surface area contributed by atoms with Crippen LogP contribution in [-0.2, 0) is 0 Å². The van der Waals surface area contributed by atoms with Crippen molar-refractivity contribution in [3.8, 4) is 0 Å². The highest BCUT2D eigenvalue weighted by molar-refractivity contribution is 5.17. The van der Waals surface area contributed by atoms with Gasteiger partial charge in [0, 0.05) is 0 Å². The fourth-order valence-electron chi connectivity index (χ4n) is 1.07. The Hall–Kier alpha value is -1.30. The van der Waals surface area contributed by atoms with E-state index in [1.165, 1.54) is 5.56 Å². The van der Waals surface area contributed by atoms with E-state index in [-0.39, 0.29) is 0 Å². The Bertz CT molecular complexity index is 267. The molecule has 0 aliphatic carbocycles. The van der Waals surface area contributed by atoms with Gasteiger partial charge in [0.15, 0.2) is 0 Å².